The van der Waals surface area contributed by atoms with Crippen LogP contribution in [-0.2, 0) is 0 Å². The van der Waals surface area contributed by atoms with E-state index in [0.717, 1.165) is 42.4 Å². The van der Waals surface area contributed by atoms with Gasteiger partial charge in [-0.3, -0.25) is 0 Å². The average molecular weight is 280 g/mol. The number of aliphatic hydroxyl groups is 1. The normalized spacial score (nSPS) is 12.6. The first-order valence-corrected chi connectivity index (χ1v) is 7.45. The Morgan fingerprint density at radius 1 is 1.10 bits per heavy atom. The second kappa shape index (κ2) is 8.04. The Balaban J connectivity index is 2.71. The zero-order chi connectivity index (χ0) is 15.1. The maximum absolute atomic E-state index is 9.93. The highest BCUT2D eigenvalue weighted by atomic mass is 16.3. The largest absolute Gasteiger partial charge is 0.391 e. The van der Waals surface area contributed by atoms with Gasteiger partial charge in [0, 0.05) is 18.7 Å². The van der Waals surface area contributed by atoms with Crippen molar-refractivity contribution in [3.63, 3.8) is 0 Å². The molecular formula is C15H28N4O. The lowest BCUT2D eigenvalue weighted by Gasteiger charge is -2.17. The van der Waals surface area contributed by atoms with Crippen LogP contribution >= 0.6 is 0 Å². The number of hydrogen-bond acceptors (Lipinski definition) is 5. The molecule has 5 nitrogen and oxygen atoms in total. The van der Waals surface area contributed by atoms with Gasteiger partial charge in [-0.15, -0.1) is 0 Å². The summed E-state index contributed by atoms with van der Waals surface area (Å²) in [5.41, 5.74) is 1.00. The standard InChI is InChI=1S/C15H28N4O/c1-6-7-16-14-11(4)15(19-12(5)18-14)17-9-13(20)8-10(2)3/h10,13,20H,6-9H2,1-5H3,(H2,16,17,18,19). The van der Waals surface area contributed by atoms with Gasteiger partial charge < -0.3 is 15.7 Å². The summed E-state index contributed by atoms with van der Waals surface area (Å²) < 4.78 is 0. The van der Waals surface area contributed by atoms with E-state index < -0.39 is 0 Å². The second-order valence-electron chi connectivity index (χ2n) is 5.68. The van der Waals surface area contributed by atoms with Crippen LogP contribution in [0, 0.1) is 19.8 Å². The fourth-order valence-electron chi connectivity index (χ4n) is 2.06. The van der Waals surface area contributed by atoms with Crippen molar-refractivity contribution in [2.45, 2.75) is 53.6 Å². The van der Waals surface area contributed by atoms with Gasteiger partial charge >= 0.3 is 0 Å². The van der Waals surface area contributed by atoms with E-state index in [1.54, 1.807) is 0 Å². The summed E-state index contributed by atoms with van der Waals surface area (Å²) in [7, 11) is 0. The van der Waals surface area contributed by atoms with E-state index in [9.17, 15) is 5.11 Å². The van der Waals surface area contributed by atoms with Crippen molar-refractivity contribution < 1.29 is 5.11 Å². The zero-order valence-electron chi connectivity index (χ0n) is 13.3. The van der Waals surface area contributed by atoms with Crippen molar-refractivity contribution in [3.8, 4) is 0 Å². The van der Waals surface area contributed by atoms with E-state index in [-0.39, 0.29) is 6.10 Å². The molecule has 1 rings (SSSR count). The lowest BCUT2D eigenvalue weighted by atomic mass is 10.1. The van der Waals surface area contributed by atoms with Crippen molar-refractivity contribution in [2.24, 2.45) is 5.92 Å². The fourth-order valence-corrected chi connectivity index (χ4v) is 2.06. The Hall–Kier alpha value is -1.36. The van der Waals surface area contributed by atoms with E-state index >= 15 is 0 Å². The van der Waals surface area contributed by atoms with Crippen molar-refractivity contribution in [1.82, 2.24) is 9.97 Å². The number of hydrogen-bond donors (Lipinski definition) is 3. The molecule has 0 fully saturated rings. The molecule has 1 atom stereocenters. The molecule has 0 aliphatic carbocycles. The number of rotatable bonds is 8. The number of nitrogens with one attached hydrogen (secondary N) is 2. The summed E-state index contributed by atoms with van der Waals surface area (Å²) in [5, 5.41) is 16.5. The van der Waals surface area contributed by atoms with Crippen molar-refractivity contribution in [1.29, 1.82) is 0 Å². The molecule has 0 spiro atoms. The van der Waals surface area contributed by atoms with Crippen LogP contribution in [0.5, 0.6) is 0 Å². The Morgan fingerprint density at radius 3 is 2.25 bits per heavy atom. The topological polar surface area (TPSA) is 70.1 Å². The molecule has 20 heavy (non-hydrogen) atoms. The molecule has 3 N–H and O–H groups in total. The number of aliphatic hydroxyl groups excluding tert-OH is 1. The number of nitrogens with zero attached hydrogens (tertiary/aromatic N) is 2. The highest BCUT2D eigenvalue weighted by Crippen LogP contribution is 2.20. The quantitative estimate of drug-likeness (QED) is 0.683. The van der Waals surface area contributed by atoms with E-state index in [0.29, 0.717) is 12.5 Å². The van der Waals surface area contributed by atoms with Crippen LogP contribution in [0.1, 0.15) is 45.0 Å². The predicted molar refractivity (Wildman–Crippen MR) is 84.2 cm³/mol. The van der Waals surface area contributed by atoms with Gasteiger partial charge in [0.15, 0.2) is 0 Å². The molecule has 1 heterocycles. The Bertz CT molecular complexity index is 421. The summed E-state index contributed by atoms with van der Waals surface area (Å²) >= 11 is 0. The zero-order valence-corrected chi connectivity index (χ0v) is 13.3. The average Bonchev–Trinajstić information content (AvgIpc) is 2.36. The van der Waals surface area contributed by atoms with Crippen molar-refractivity contribution in [2.75, 3.05) is 23.7 Å². The van der Waals surface area contributed by atoms with Crippen LogP contribution in [0.4, 0.5) is 11.6 Å². The highest BCUT2D eigenvalue weighted by molar-refractivity contribution is 5.57. The van der Waals surface area contributed by atoms with Crippen molar-refractivity contribution in [3.05, 3.63) is 11.4 Å². The van der Waals surface area contributed by atoms with Gasteiger partial charge in [-0.05, 0) is 32.6 Å². The molecular weight excluding hydrogens is 252 g/mol. The van der Waals surface area contributed by atoms with Crippen LogP contribution in [0.15, 0.2) is 0 Å². The minimum absolute atomic E-state index is 0.350. The molecule has 1 aromatic heterocycles. The minimum atomic E-state index is -0.350. The van der Waals surface area contributed by atoms with Gasteiger partial charge in [-0.2, -0.15) is 0 Å². The first kappa shape index (κ1) is 16.7. The second-order valence-corrected chi connectivity index (χ2v) is 5.68. The van der Waals surface area contributed by atoms with Crippen molar-refractivity contribution >= 4 is 11.6 Å². The van der Waals surface area contributed by atoms with E-state index in [4.69, 9.17) is 0 Å². The molecule has 1 aromatic rings. The van der Waals surface area contributed by atoms with E-state index in [1.165, 1.54) is 0 Å². The molecule has 0 aliphatic heterocycles. The molecule has 0 radical (unpaired) electrons. The predicted octanol–water partition coefficient (Wildman–Crippen LogP) is 2.73. The third kappa shape index (κ3) is 5.33. The Kier molecular flexibility index (Phi) is 6.71. The van der Waals surface area contributed by atoms with Gasteiger partial charge in [0.1, 0.15) is 17.5 Å². The Morgan fingerprint density at radius 2 is 1.70 bits per heavy atom. The van der Waals surface area contributed by atoms with Gasteiger partial charge in [0.05, 0.1) is 6.10 Å². The third-order valence-corrected chi connectivity index (χ3v) is 3.05. The van der Waals surface area contributed by atoms with Crippen LogP contribution < -0.4 is 10.6 Å². The number of aromatic nitrogens is 2. The molecule has 114 valence electrons. The van der Waals surface area contributed by atoms with Crippen LogP contribution in [0.2, 0.25) is 0 Å². The molecule has 1 unspecified atom stereocenters. The monoisotopic (exact) mass is 280 g/mol. The lowest BCUT2D eigenvalue weighted by molar-refractivity contribution is 0.161. The van der Waals surface area contributed by atoms with Gasteiger partial charge in [-0.25, -0.2) is 9.97 Å². The molecule has 0 bridgehead atoms. The summed E-state index contributed by atoms with van der Waals surface area (Å²) in [5.74, 6) is 2.90. The third-order valence-electron chi connectivity index (χ3n) is 3.05. The summed E-state index contributed by atoms with van der Waals surface area (Å²) in [6.07, 6.45) is 1.49. The molecule has 0 amide bonds. The molecule has 5 heteroatoms. The van der Waals surface area contributed by atoms with Gasteiger partial charge in [-0.1, -0.05) is 20.8 Å². The first-order chi connectivity index (χ1) is 9.43. The Labute approximate surface area is 122 Å². The van der Waals surface area contributed by atoms with Crippen LogP contribution in [0.3, 0.4) is 0 Å². The SMILES string of the molecule is CCCNc1nc(C)nc(NCC(O)CC(C)C)c1C. The van der Waals surface area contributed by atoms with Gasteiger partial charge in [0.25, 0.3) is 0 Å². The lowest BCUT2D eigenvalue weighted by Crippen LogP contribution is -2.22. The van der Waals surface area contributed by atoms with Crippen LogP contribution in [0.25, 0.3) is 0 Å². The molecule has 0 saturated carbocycles. The fraction of sp³-hybridized carbons (Fsp3) is 0.733. The molecule has 0 saturated heterocycles. The summed E-state index contributed by atoms with van der Waals surface area (Å²) in [6, 6.07) is 0. The maximum Gasteiger partial charge on any atom is 0.134 e. The molecule has 0 aliphatic rings. The minimum Gasteiger partial charge on any atom is -0.391 e. The smallest absolute Gasteiger partial charge is 0.134 e. The summed E-state index contributed by atoms with van der Waals surface area (Å²) in [6.45, 7) is 11.6. The number of aryl methyl sites for hydroxylation is 1. The van der Waals surface area contributed by atoms with Crippen LogP contribution in [-0.4, -0.2) is 34.3 Å². The first-order valence-electron chi connectivity index (χ1n) is 7.45. The number of anilines is 2. The van der Waals surface area contributed by atoms with E-state index in [1.807, 2.05) is 13.8 Å². The highest BCUT2D eigenvalue weighted by Gasteiger charge is 2.11. The molecule has 0 aromatic carbocycles. The van der Waals surface area contributed by atoms with E-state index in [2.05, 4.69) is 41.4 Å². The summed E-state index contributed by atoms with van der Waals surface area (Å²) in [4.78, 5) is 8.84. The van der Waals surface area contributed by atoms with Gasteiger partial charge in [0.2, 0.25) is 0 Å². The maximum atomic E-state index is 9.93.